The van der Waals surface area contributed by atoms with Gasteiger partial charge in [-0.25, -0.2) is 15.1 Å². The van der Waals surface area contributed by atoms with E-state index in [0.717, 1.165) is 12.8 Å². The number of esters is 1. The molecule has 226 valence electrons. The summed E-state index contributed by atoms with van der Waals surface area (Å²) in [6.07, 6.45) is 3.35. The summed E-state index contributed by atoms with van der Waals surface area (Å²) in [5.74, 6) is -0.845. The number of nitrogens with one attached hydrogen (secondary N) is 2. The molecule has 0 radical (unpaired) electrons. The van der Waals surface area contributed by atoms with Crippen molar-refractivity contribution in [3.05, 3.63) is 10.1 Å². The standard InChI is InChI=1S/C27H48BN5O7/c1-16(2)12-21(28-39-20-15-18-14-19(26(18,6)7)27(20,8)40-28)31-23(35)17(13-22(34)38-25(3,4)5)10-9-11-30-24(29)32-33(36)37/h16-21H,9-15H2,1-8H3,(H,31,35)(H3,29,30,32)/t17-,18-,19-,20-,21+,27+/m1/s1. The van der Waals surface area contributed by atoms with Crippen molar-refractivity contribution in [2.45, 2.75) is 117 Å². The molecular weight excluding hydrogens is 517 g/mol. The van der Waals surface area contributed by atoms with E-state index < -0.39 is 35.2 Å². The van der Waals surface area contributed by atoms with Crippen LogP contribution in [-0.4, -0.2) is 59.8 Å². The first-order valence-electron chi connectivity index (χ1n) is 14.5. The zero-order chi connectivity index (χ0) is 30.0. The Morgan fingerprint density at radius 3 is 2.50 bits per heavy atom. The molecule has 6 atom stereocenters. The lowest BCUT2D eigenvalue weighted by Crippen LogP contribution is -2.65. The van der Waals surface area contributed by atoms with E-state index in [4.69, 9.17) is 19.8 Å². The van der Waals surface area contributed by atoms with Gasteiger partial charge in [0.25, 0.3) is 5.96 Å². The number of amides is 1. The molecule has 3 saturated carbocycles. The Labute approximate surface area is 238 Å². The third-order valence-electron chi connectivity index (χ3n) is 8.75. The topological polar surface area (TPSA) is 167 Å². The van der Waals surface area contributed by atoms with Crippen LogP contribution in [0.25, 0.3) is 0 Å². The van der Waals surface area contributed by atoms with Crippen molar-refractivity contribution < 1.29 is 28.7 Å². The van der Waals surface area contributed by atoms with Crippen molar-refractivity contribution in [3.63, 3.8) is 0 Å². The number of carbonyl (C=O) groups excluding carboxylic acids is 2. The molecule has 13 heteroatoms. The summed E-state index contributed by atoms with van der Waals surface area (Å²) in [5.41, 5.74) is 6.41. The highest BCUT2D eigenvalue weighted by Gasteiger charge is 2.68. The Hall–Kier alpha value is -2.41. The quantitative estimate of drug-likeness (QED) is 0.0613. The van der Waals surface area contributed by atoms with Crippen molar-refractivity contribution in [2.24, 2.45) is 39.8 Å². The number of hydrogen-bond acceptors (Lipinski definition) is 8. The molecule has 4 aliphatic rings. The zero-order valence-electron chi connectivity index (χ0n) is 25.3. The predicted molar refractivity (Wildman–Crippen MR) is 151 cm³/mol. The van der Waals surface area contributed by atoms with Crippen LogP contribution in [0, 0.1) is 39.2 Å². The van der Waals surface area contributed by atoms with Crippen LogP contribution in [0.15, 0.2) is 4.99 Å². The number of hydrogen-bond donors (Lipinski definition) is 3. The smallest absolute Gasteiger partial charge is 0.460 e. The molecule has 4 rings (SSSR count). The van der Waals surface area contributed by atoms with Gasteiger partial charge in [0, 0.05) is 12.5 Å². The van der Waals surface area contributed by atoms with Crippen molar-refractivity contribution in [2.75, 3.05) is 6.54 Å². The first-order chi connectivity index (χ1) is 18.4. The van der Waals surface area contributed by atoms with Crippen LogP contribution in [0.5, 0.6) is 0 Å². The van der Waals surface area contributed by atoms with E-state index >= 15 is 0 Å². The molecule has 0 unspecified atom stereocenters. The van der Waals surface area contributed by atoms with Gasteiger partial charge in [0.1, 0.15) is 5.60 Å². The summed E-state index contributed by atoms with van der Waals surface area (Å²) >= 11 is 0. The normalized spacial score (nSPS) is 28.8. The minimum Gasteiger partial charge on any atom is -0.460 e. The number of nitro groups is 1. The molecule has 1 heterocycles. The van der Waals surface area contributed by atoms with Crippen LogP contribution in [0.4, 0.5) is 0 Å². The summed E-state index contributed by atoms with van der Waals surface area (Å²) in [4.78, 5) is 40.8. The second kappa shape index (κ2) is 12.2. The molecule has 0 aromatic rings. The highest BCUT2D eigenvalue weighted by Crippen LogP contribution is 2.65. The predicted octanol–water partition coefficient (Wildman–Crippen LogP) is 3.01. The highest BCUT2D eigenvalue weighted by molar-refractivity contribution is 6.47. The number of carbonyl (C=O) groups is 2. The van der Waals surface area contributed by atoms with Crippen LogP contribution in [0.3, 0.4) is 0 Å². The maximum Gasteiger partial charge on any atom is 0.481 e. The van der Waals surface area contributed by atoms with E-state index in [0.29, 0.717) is 31.1 Å². The maximum atomic E-state index is 13.6. The van der Waals surface area contributed by atoms with E-state index in [2.05, 4.69) is 44.9 Å². The lowest BCUT2D eigenvalue weighted by atomic mass is 9.43. The lowest BCUT2D eigenvalue weighted by Gasteiger charge is -2.64. The molecule has 3 aliphatic carbocycles. The summed E-state index contributed by atoms with van der Waals surface area (Å²) in [7, 11) is -0.573. The van der Waals surface area contributed by atoms with E-state index in [9.17, 15) is 19.7 Å². The molecule has 12 nitrogen and oxygen atoms in total. The zero-order valence-corrected chi connectivity index (χ0v) is 25.3. The molecule has 0 spiro atoms. The number of aliphatic imine (C=N–C) groups is 1. The summed E-state index contributed by atoms with van der Waals surface area (Å²) in [6, 6.07) is 0. The molecule has 40 heavy (non-hydrogen) atoms. The van der Waals surface area contributed by atoms with Crippen molar-refractivity contribution in [3.8, 4) is 0 Å². The molecule has 4 fully saturated rings. The number of nitrogens with zero attached hydrogens (tertiary/aromatic N) is 2. The van der Waals surface area contributed by atoms with Gasteiger partial charge in [-0.2, -0.15) is 0 Å². The average Bonchev–Trinajstić information content (AvgIpc) is 3.15. The second-order valence-electron chi connectivity index (χ2n) is 13.8. The average molecular weight is 566 g/mol. The van der Waals surface area contributed by atoms with Gasteiger partial charge >= 0.3 is 13.1 Å². The van der Waals surface area contributed by atoms with Crippen molar-refractivity contribution in [1.82, 2.24) is 10.7 Å². The SMILES string of the molecule is CC(C)C[C@H](NC(=O)[C@H](CCCN=C(N)N[N+](=O)[O-])CC(=O)OC(C)(C)C)B1O[C@@H]2C[C@H]3C[C@H](C3(C)C)[C@]2(C)O1. The minimum absolute atomic E-state index is 0.00510. The van der Waals surface area contributed by atoms with E-state index in [1.165, 1.54) is 0 Å². The maximum absolute atomic E-state index is 13.6. The third kappa shape index (κ3) is 7.66. The molecular formula is C27H48BN5O7. The highest BCUT2D eigenvalue weighted by atomic mass is 16.7. The third-order valence-corrected chi connectivity index (χ3v) is 8.75. The number of ether oxygens (including phenoxy) is 1. The van der Waals surface area contributed by atoms with Gasteiger partial charge in [0.2, 0.25) is 5.91 Å². The monoisotopic (exact) mass is 565 g/mol. The molecule has 1 saturated heterocycles. The van der Waals surface area contributed by atoms with Crippen LogP contribution >= 0.6 is 0 Å². The molecule has 4 N–H and O–H groups in total. The van der Waals surface area contributed by atoms with Gasteiger partial charge in [-0.15, -0.1) is 0 Å². The fourth-order valence-corrected chi connectivity index (χ4v) is 6.69. The fourth-order valence-electron chi connectivity index (χ4n) is 6.69. The number of nitrogens with two attached hydrogens (primary N) is 1. The summed E-state index contributed by atoms with van der Waals surface area (Å²) < 4.78 is 18.6. The number of rotatable bonds is 12. The fraction of sp³-hybridized carbons (Fsp3) is 0.889. The van der Waals surface area contributed by atoms with Crippen LogP contribution < -0.4 is 16.5 Å². The summed E-state index contributed by atoms with van der Waals surface area (Å²) in [5, 5.41) is 12.9. The first kappa shape index (κ1) is 32.1. The summed E-state index contributed by atoms with van der Waals surface area (Å²) in [6.45, 7) is 16.4. The Bertz CT molecular complexity index is 985. The van der Waals surface area contributed by atoms with Crippen molar-refractivity contribution >= 4 is 25.0 Å². The van der Waals surface area contributed by atoms with Gasteiger partial charge in [0.05, 0.1) is 24.1 Å². The molecule has 1 aliphatic heterocycles. The van der Waals surface area contributed by atoms with Crippen LogP contribution in [0.2, 0.25) is 0 Å². The van der Waals surface area contributed by atoms with Crippen LogP contribution in [0.1, 0.15) is 93.9 Å². The minimum atomic E-state index is -0.791. The van der Waals surface area contributed by atoms with Gasteiger partial charge in [-0.3, -0.25) is 9.59 Å². The van der Waals surface area contributed by atoms with Gasteiger partial charge in [0.15, 0.2) is 5.03 Å². The molecule has 1 amide bonds. The largest absolute Gasteiger partial charge is 0.481 e. The molecule has 0 aromatic heterocycles. The Kier molecular flexibility index (Phi) is 9.81. The number of hydrazine groups is 1. The lowest BCUT2D eigenvalue weighted by molar-refractivity contribution is -0.525. The Morgan fingerprint density at radius 1 is 1.25 bits per heavy atom. The van der Waals surface area contributed by atoms with E-state index in [1.54, 1.807) is 26.2 Å². The van der Waals surface area contributed by atoms with Crippen LogP contribution in [-0.2, 0) is 23.6 Å². The van der Waals surface area contributed by atoms with Crippen molar-refractivity contribution in [1.29, 1.82) is 0 Å². The van der Waals surface area contributed by atoms with E-state index in [-0.39, 0.29) is 48.2 Å². The van der Waals surface area contributed by atoms with Gasteiger partial charge < -0.3 is 25.1 Å². The first-order valence-corrected chi connectivity index (χ1v) is 14.5. The van der Waals surface area contributed by atoms with Gasteiger partial charge in [-0.05, 0) is 83.0 Å². The Balaban J connectivity index is 1.70. The molecule has 0 aromatic carbocycles. The number of guanidine groups is 1. The Morgan fingerprint density at radius 2 is 1.93 bits per heavy atom. The second-order valence-corrected chi connectivity index (χ2v) is 13.8. The van der Waals surface area contributed by atoms with E-state index in [1.807, 2.05) is 0 Å². The van der Waals surface area contributed by atoms with Gasteiger partial charge in [-0.1, -0.05) is 33.1 Å². The molecule has 2 bridgehead atoms.